The summed E-state index contributed by atoms with van der Waals surface area (Å²) in [4.78, 5) is 23.5. The van der Waals surface area contributed by atoms with Gasteiger partial charge in [0.25, 0.3) is 5.91 Å². The van der Waals surface area contributed by atoms with Gasteiger partial charge in [-0.25, -0.2) is 0 Å². The lowest BCUT2D eigenvalue weighted by molar-refractivity contribution is -0.129. The van der Waals surface area contributed by atoms with Gasteiger partial charge in [-0.05, 0) is 42.7 Å². The normalized spacial score (nSPS) is 10.0. The summed E-state index contributed by atoms with van der Waals surface area (Å²) in [6.07, 6.45) is 0.214. The Kier molecular flexibility index (Phi) is 5.74. The number of benzene rings is 2. The van der Waals surface area contributed by atoms with Crippen LogP contribution < -0.4 is 15.6 Å². The first-order chi connectivity index (χ1) is 11.0. The van der Waals surface area contributed by atoms with Gasteiger partial charge in [0.2, 0.25) is 5.91 Å². The molecule has 0 saturated heterocycles. The minimum absolute atomic E-state index is 0.159. The van der Waals surface area contributed by atoms with Gasteiger partial charge >= 0.3 is 0 Å². The third-order valence-electron chi connectivity index (χ3n) is 3.31. The molecule has 2 aromatic rings. The van der Waals surface area contributed by atoms with E-state index in [2.05, 4.69) is 10.9 Å². The second-order valence-electron chi connectivity index (χ2n) is 5.30. The second kappa shape index (κ2) is 7.98. The summed E-state index contributed by atoms with van der Waals surface area (Å²) in [5, 5.41) is 0. The molecule has 5 nitrogen and oxygen atoms in total. The van der Waals surface area contributed by atoms with Gasteiger partial charge < -0.3 is 4.74 Å². The summed E-state index contributed by atoms with van der Waals surface area (Å²) < 4.78 is 5.35. The van der Waals surface area contributed by atoms with Crippen molar-refractivity contribution in [1.29, 1.82) is 0 Å². The first-order valence-electron chi connectivity index (χ1n) is 7.36. The lowest BCUT2D eigenvalue weighted by Crippen LogP contribution is -2.44. The average molecular weight is 312 g/mol. The van der Waals surface area contributed by atoms with Crippen molar-refractivity contribution in [3.8, 4) is 5.75 Å². The molecule has 2 amide bonds. The summed E-state index contributed by atoms with van der Waals surface area (Å²) in [6, 6.07) is 15.0. The molecule has 2 rings (SSSR count). The maximum Gasteiger partial charge on any atom is 0.276 e. The van der Waals surface area contributed by atoms with Gasteiger partial charge in [0.05, 0.1) is 6.42 Å². The van der Waals surface area contributed by atoms with E-state index in [4.69, 9.17) is 4.74 Å². The van der Waals surface area contributed by atoms with Crippen LogP contribution in [0.1, 0.15) is 16.7 Å². The Bertz CT molecular complexity index is 698. The van der Waals surface area contributed by atoms with Gasteiger partial charge in [0, 0.05) is 0 Å². The molecule has 0 radical (unpaired) electrons. The minimum Gasteiger partial charge on any atom is -0.484 e. The highest BCUT2D eigenvalue weighted by Gasteiger charge is 2.08. The summed E-state index contributed by atoms with van der Waals surface area (Å²) in [5.74, 6) is -0.0702. The molecule has 0 aliphatic rings. The van der Waals surface area contributed by atoms with Gasteiger partial charge in [-0.1, -0.05) is 36.4 Å². The molecule has 0 aromatic heterocycles. The topological polar surface area (TPSA) is 67.4 Å². The summed E-state index contributed by atoms with van der Waals surface area (Å²) in [6.45, 7) is 3.73. The van der Waals surface area contributed by atoms with Crippen molar-refractivity contribution in [3.63, 3.8) is 0 Å². The number of aryl methyl sites for hydroxylation is 2. The van der Waals surface area contributed by atoms with Crippen LogP contribution in [0.3, 0.4) is 0 Å². The van der Waals surface area contributed by atoms with E-state index in [0.29, 0.717) is 5.75 Å². The lowest BCUT2D eigenvalue weighted by Gasteiger charge is -2.10. The Morgan fingerprint density at radius 2 is 1.70 bits per heavy atom. The van der Waals surface area contributed by atoms with E-state index in [1.807, 2.05) is 56.3 Å². The molecule has 0 aliphatic heterocycles. The van der Waals surface area contributed by atoms with Crippen LogP contribution in [0.2, 0.25) is 0 Å². The lowest BCUT2D eigenvalue weighted by atomic mass is 10.1. The molecule has 0 saturated carbocycles. The molecule has 0 aliphatic carbocycles. The fourth-order valence-electron chi connectivity index (χ4n) is 2.06. The molecule has 0 heterocycles. The van der Waals surface area contributed by atoms with Gasteiger partial charge in [0.1, 0.15) is 5.75 Å². The Morgan fingerprint density at radius 1 is 0.957 bits per heavy atom. The molecular weight excluding hydrogens is 292 g/mol. The number of hydrazine groups is 1. The fraction of sp³-hybridized carbons (Fsp3) is 0.222. The molecule has 0 spiro atoms. The Balaban J connectivity index is 1.74. The summed E-state index contributed by atoms with van der Waals surface area (Å²) in [7, 11) is 0. The smallest absolute Gasteiger partial charge is 0.276 e. The highest BCUT2D eigenvalue weighted by Crippen LogP contribution is 2.11. The van der Waals surface area contributed by atoms with Crippen LogP contribution in [0.4, 0.5) is 0 Å². The van der Waals surface area contributed by atoms with Crippen LogP contribution in [-0.2, 0) is 16.0 Å². The zero-order chi connectivity index (χ0) is 16.7. The van der Waals surface area contributed by atoms with E-state index in [1.165, 1.54) is 0 Å². The zero-order valence-corrected chi connectivity index (χ0v) is 13.3. The predicted octanol–water partition coefficient (Wildman–Crippen LogP) is 2.07. The van der Waals surface area contributed by atoms with Crippen molar-refractivity contribution < 1.29 is 14.3 Å². The number of hydrogen-bond acceptors (Lipinski definition) is 3. The maximum absolute atomic E-state index is 11.8. The highest BCUT2D eigenvalue weighted by atomic mass is 16.5. The number of rotatable bonds is 5. The van der Waals surface area contributed by atoms with Crippen molar-refractivity contribution in [3.05, 3.63) is 65.2 Å². The van der Waals surface area contributed by atoms with Crippen LogP contribution in [0.25, 0.3) is 0 Å². The Hall–Kier alpha value is -2.82. The third-order valence-corrected chi connectivity index (χ3v) is 3.31. The van der Waals surface area contributed by atoms with E-state index in [9.17, 15) is 9.59 Å². The van der Waals surface area contributed by atoms with Crippen LogP contribution in [0, 0.1) is 13.8 Å². The van der Waals surface area contributed by atoms with Crippen molar-refractivity contribution in [2.45, 2.75) is 20.3 Å². The van der Waals surface area contributed by atoms with E-state index in [0.717, 1.165) is 16.7 Å². The van der Waals surface area contributed by atoms with Crippen molar-refractivity contribution in [2.75, 3.05) is 6.61 Å². The van der Waals surface area contributed by atoms with Crippen molar-refractivity contribution in [2.24, 2.45) is 0 Å². The average Bonchev–Trinajstić information content (AvgIpc) is 2.53. The van der Waals surface area contributed by atoms with Crippen LogP contribution in [0.15, 0.2) is 48.5 Å². The summed E-state index contributed by atoms with van der Waals surface area (Å²) >= 11 is 0. The van der Waals surface area contributed by atoms with Crippen LogP contribution in [0.5, 0.6) is 5.75 Å². The molecule has 23 heavy (non-hydrogen) atoms. The molecule has 0 atom stereocenters. The number of hydrogen-bond donors (Lipinski definition) is 2. The number of ether oxygens (including phenoxy) is 1. The van der Waals surface area contributed by atoms with Crippen molar-refractivity contribution >= 4 is 11.8 Å². The van der Waals surface area contributed by atoms with Crippen LogP contribution >= 0.6 is 0 Å². The number of carbonyl (C=O) groups excluding carboxylic acids is 2. The van der Waals surface area contributed by atoms with Gasteiger partial charge in [-0.2, -0.15) is 0 Å². The number of nitrogens with one attached hydrogen (secondary N) is 2. The fourth-order valence-corrected chi connectivity index (χ4v) is 2.06. The molecule has 2 N–H and O–H groups in total. The van der Waals surface area contributed by atoms with E-state index >= 15 is 0 Å². The molecule has 0 fully saturated rings. The molecular formula is C18H20N2O3. The standard InChI is InChI=1S/C18H20N2O3/c1-13-6-5-9-16(10-13)23-12-18(22)20-19-17(21)11-15-8-4-3-7-14(15)2/h3-10H,11-12H2,1-2H3,(H,19,21)(H,20,22). The van der Waals surface area contributed by atoms with Gasteiger partial charge in [-0.15, -0.1) is 0 Å². The Labute approximate surface area is 135 Å². The maximum atomic E-state index is 11.8. The quantitative estimate of drug-likeness (QED) is 0.831. The van der Waals surface area contributed by atoms with Crippen molar-refractivity contribution in [1.82, 2.24) is 10.9 Å². The first kappa shape index (κ1) is 16.5. The molecule has 120 valence electrons. The number of amides is 2. The van der Waals surface area contributed by atoms with E-state index in [-0.39, 0.29) is 18.9 Å². The molecule has 0 bridgehead atoms. The second-order valence-corrected chi connectivity index (χ2v) is 5.30. The van der Waals surface area contributed by atoms with E-state index < -0.39 is 5.91 Å². The third kappa shape index (κ3) is 5.47. The zero-order valence-electron chi connectivity index (χ0n) is 13.3. The van der Waals surface area contributed by atoms with Gasteiger partial charge in [-0.3, -0.25) is 20.4 Å². The molecule has 0 unspecified atom stereocenters. The monoisotopic (exact) mass is 312 g/mol. The Morgan fingerprint density at radius 3 is 2.43 bits per heavy atom. The molecule has 5 heteroatoms. The largest absolute Gasteiger partial charge is 0.484 e. The predicted molar refractivity (Wildman–Crippen MR) is 87.8 cm³/mol. The SMILES string of the molecule is Cc1cccc(OCC(=O)NNC(=O)Cc2ccccc2C)c1. The molecule has 2 aromatic carbocycles. The minimum atomic E-state index is -0.412. The van der Waals surface area contributed by atoms with Crippen LogP contribution in [-0.4, -0.2) is 18.4 Å². The first-order valence-corrected chi connectivity index (χ1v) is 7.36. The highest BCUT2D eigenvalue weighted by molar-refractivity contribution is 5.84. The van der Waals surface area contributed by atoms with E-state index in [1.54, 1.807) is 6.07 Å². The number of carbonyl (C=O) groups is 2. The summed E-state index contributed by atoms with van der Waals surface area (Å²) in [5.41, 5.74) is 7.75. The van der Waals surface area contributed by atoms with Gasteiger partial charge in [0.15, 0.2) is 6.61 Å².